The minimum Gasteiger partial charge on any atom is -0.447 e. The van der Waals surface area contributed by atoms with Crippen molar-refractivity contribution in [3.8, 4) is 0 Å². The third kappa shape index (κ3) is 0.412. The third-order valence-corrected chi connectivity index (χ3v) is 1.62. The number of hydrogen-bond donors (Lipinski definition) is 1. The van der Waals surface area contributed by atoms with Gasteiger partial charge < -0.3 is 10.0 Å². The number of nitrogens with one attached hydrogen (secondary N) is 1. The first-order chi connectivity index (χ1) is 4.25. The molecule has 0 atom stereocenters. The molecule has 1 aliphatic carbocycles. The molecule has 1 spiro atoms. The highest BCUT2D eigenvalue weighted by Gasteiger charge is 2.49. The van der Waals surface area contributed by atoms with Crippen LogP contribution >= 0.6 is 0 Å². The Labute approximate surface area is 48.5 Å². The lowest BCUT2D eigenvalue weighted by Gasteiger charge is -1.96. The van der Waals surface area contributed by atoms with Gasteiger partial charge in [-0.15, -0.1) is 0 Å². The van der Waals surface area contributed by atoms with Gasteiger partial charge in [-0.1, -0.05) is 0 Å². The maximum atomic E-state index is 10.5. The number of ether oxygens (including phenoxy) is 1. The fraction of sp³-hybridized carbons (Fsp3) is 0.800. The predicted octanol–water partition coefficient (Wildman–Crippen LogP) is 0.259. The molecule has 0 bridgehead atoms. The lowest BCUT2D eigenvalue weighted by Crippen LogP contribution is -2.27. The summed E-state index contributed by atoms with van der Waals surface area (Å²) in [7, 11) is 0. The molecule has 0 aromatic heterocycles. The summed E-state index contributed by atoms with van der Waals surface area (Å²) in [5, 5.41) is 0.965. The minimum absolute atomic E-state index is 0.197. The summed E-state index contributed by atoms with van der Waals surface area (Å²) in [6.07, 6.45) is 1.37. The summed E-state index contributed by atoms with van der Waals surface area (Å²) >= 11 is 0. The van der Waals surface area contributed by atoms with Gasteiger partial charge in [-0.05, 0) is 12.8 Å². The fourth-order valence-corrected chi connectivity index (χ4v) is 0.855. The maximum Gasteiger partial charge on any atom is 0.407 e. The van der Waals surface area contributed by atoms with Gasteiger partial charge in [-0.3, -0.25) is 0 Å². The van der Waals surface area contributed by atoms with E-state index in [0.717, 1.165) is 18.2 Å². The van der Waals surface area contributed by atoms with Gasteiger partial charge in [0.25, 0.3) is 0 Å². The highest BCUT2D eigenvalue weighted by Crippen LogP contribution is 2.38. The average molecular weight is 114 g/mol. The Morgan fingerprint density at radius 1 is 1.88 bits per heavy atom. The summed E-state index contributed by atoms with van der Waals surface area (Å²) < 4.78 is 11.8. The van der Waals surface area contributed by atoms with Crippen LogP contribution in [0.4, 0.5) is 4.79 Å². The van der Waals surface area contributed by atoms with Crippen molar-refractivity contribution in [2.24, 2.45) is 0 Å². The first kappa shape index (κ1) is 3.33. The van der Waals surface area contributed by atoms with Gasteiger partial charge in [0, 0.05) is 0 Å². The molecule has 1 aliphatic heterocycles. The molecule has 44 valence electrons. The van der Waals surface area contributed by atoms with E-state index in [0.29, 0.717) is 6.61 Å². The molecule has 1 amide bonds. The summed E-state index contributed by atoms with van der Waals surface area (Å²) in [5.74, 6) is 0. The quantitative estimate of drug-likeness (QED) is 0.490. The molecular formula is C5H7NO2. The second kappa shape index (κ2) is 0.989. The number of rotatable bonds is 0. The van der Waals surface area contributed by atoms with Crippen molar-refractivity contribution in [1.29, 1.82) is 0 Å². The van der Waals surface area contributed by atoms with E-state index in [-0.39, 0.29) is 5.54 Å². The number of alkyl carbamates (subject to hydrolysis) is 1. The highest BCUT2D eigenvalue weighted by molar-refractivity contribution is 5.71. The van der Waals surface area contributed by atoms with E-state index >= 15 is 0 Å². The van der Waals surface area contributed by atoms with Crippen LogP contribution in [0.5, 0.6) is 0 Å². The Morgan fingerprint density at radius 3 is 2.88 bits per heavy atom. The van der Waals surface area contributed by atoms with Crippen LogP contribution in [0, 0.1) is 0 Å². The van der Waals surface area contributed by atoms with Crippen LogP contribution < -0.4 is 5.31 Å². The number of cyclic esters (lactones) is 1. The number of carbonyl (C=O) groups is 1. The molecule has 1 saturated heterocycles. The molecule has 3 heteroatoms. The van der Waals surface area contributed by atoms with Crippen LogP contribution in [0.1, 0.15) is 12.8 Å². The standard InChI is InChI=1S/C5H7NO2/c7-4-6-5(1-2-5)3-8-4/h1-3H2,(H,6,7)/i/hD. The zero-order chi connectivity index (χ0) is 6.48. The van der Waals surface area contributed by atoms with E-state index in [2.05, 4.69) is 4.74 Å². The Balaban J connectivity index is 2.22. The molecule has 0 radical (unpaired) electrons. The van der Waals surface area contributed by atoms with E-state index < -0.39 is 6.09 Å². The van der Waals surface area contributed by atoms with Gasteiger partial charge in [0.1, 0.15) is 6.61 Å². The van der Waals surface area contributed by atoms with Crippen molar-refractivity contribution in [2.75, 3.05) is 6.61 Å². The van der Waals surface area contributed by atoms with Crippen LogP contribution in [0.15, 0.2) is 0 Å². The van der Waals surface area contributed by atoms with Crippen molar-refractivity contribution >= 4 is 6.09 Å². The first-order valence-corrected chi connectivity index (χ1v) is 2.70. The summed E-state index contributed by atoms with van der Waals surface area (Å²) in [6.45, 7) is 0.426. The Bertz CT molecular complexity index is 166. The zero-order valence-corrected chi connectivity index (χ0v) is 4.39. The van der Waals surface area contributed by atoms with Crippen molar-refractivity contribution in [3.05, 3.63) is 0 Å². The molecule has 1 N–H and O–H groups in total. The SMILES string of the molecule is [2H]N1C(=O)OCC12CC2. The van der Waals surface area contributed by atoms with E-state index in [4.69, 9.17) is 1.41 Å². The minimum atomic E-state index is -0.493. The van der Waals surface area contributed by atoms with Gasteiger partial charge >= 0.3 is 6.09 Å². The molecule has 1 heterocycles. The predicted molar refractivity (Wildman–Crippen MR) is 26.4 cm³/mol. The highest BCUT2D eigenvalue weighted by atomic mass is 16.6. The summed E-state index contributed by atoms with van der Waals surface area (Å²) in [5.41, 5.74) is -0.197. The topological polar surface area (TPSA) is 38.3 Å². The van der Waals surface area contributed by atoms with E-state index in [1.807, 2.05) is 0 Å². The monoisotopic (exact) mass is 114 g/mol. The largest absolute Gasteiger partial charge is 0.447 e. The van der Waals surface area contributed by atoms with Crippen molar-refractivity contribution in [3.63, 3.8) is 0 Å². The maximum absolute atomic E-state index is 10.5. The molecule has 1 saturated carbocycles. The third-order valence-electron chi connectivity index (χ3n) is 1.62. The molecule has 0 unspecified atom stereocenters. The fourth-order valence-electron chi connectivity index (χ4n) is 0.855. The summed E-state index contributed by atoms with van der Waals surface area (Å²) in [4.78, 5) is 10.5. The average Bonchev–Trinajstić information content (AvgIpc) is 2.57. The molecular weight excluding hydrogens is 106 g/mol. The molecule has 0 aromatic rings. The first-order valence-electron chi connectivity index (χ1n) is 3.15. The van der Waals surface area contributed by atoms with Gasteiger partial charge in [0.2, 0.25) is 0 Å². The summed E-state index contributed by atoms with van der Waals surface area (Å²) in [6, 6.07) is 0. The Hall–Kier alpha value is -0.730. The van der Waals surface area contributed by atoms with Crippen LogP contribution in [-0.4, -0.2) is 18.2 Å². The molecule has 2 aliphatic rings. The Morgan fingerprint density at radius 2 is 2.62 bits per heavy atom. The van der Waals surface area contributed by atoms with E-state index in [1.165, 1.54) is 0 Å². The van der Waals surface area contributed by atoms with Crippen molar-refractivity contribution < 1.29 is 10.9 Å². The van der Waals surface area contributed by atoms with Crippen LogP contribution in [0.25, 0.3) is 0 Å². The number of amides is 1. The van der Waals surface area contributed by atoms with Crippen LogP contribution in [-0.2, 0) is 4.74 Å². The lowest BCUT2D eigenvalue weighted by atomic mass is 10.3. The lowest BCUT2D eigenvalue weighted by molar-refractivity contribution is 0.176. The van der Waals surface area contributed by atoms with E-state index in [9.17, 15) is 4.79 Å². The number of carbonyl (C=O) groups excluding carboxylic acids is 1. The molecule has 2 fully saturated rings. The molecule has 0 aromatic carbocycles. The van der Waals surface area contributed by atoms with Gasteiger partial charge in [0.15, 0.2) is 1.41 Å². The second-order valence-electron chi connectivity index (χ2n) is 2.39. The second-order valence-corrected chi connectivity index (χ2v) is 2.39. The smallest absolute Gasteiger partial charge is 0.407 e. The molecule has 8 heavy (non-hydrogen) atoms. The van der Waals surface area contributed by atoms with Crippen LogP contribution in [0.3, 0.4) is 0 Å². The van der Waals surface area contributed by atoms with Crippen molar-refractivity contribution in [1.82, 2.24) is 5.31 Å². The van der Waals surface area contributed by atoms with Gasteiger partial charge in [-0.25, -0.2) is 4.79 Å². The molecule has 3 nitrogen and oxygen atoms in total. The van der Waals surface area contributed by atoms with Crippen molar-refractivity contribution in [2.45, 2.75) is 18.4 Å². The normalized spacial score (nSPS) is 32.8. The Kier molecular flexibility index (Phi) is 0.411. The number of hydrogen-bond acceptors (Lipinski definition) is 2. The van der Waals surface area contributed by atoms with Crippen LogP contribution in [0.2, 0.25) is 1.41 Å². The zero-order valence-electron chi connectivity index (χ0n) is 5.39. The van der Waals surface area contributed by atoms with Gasteiger partial charge in [-0.2, -0.15) is 0 Å². The molecule has 2 rings (SSSR count). The van der Waals surface area contributed by atoms with Gasteiger partial charge in [0.05, 0.1) is 5.54 Å². The van der Waals surface area contributed by atoms with E-state index in [1.54, 1.807) is 0 Å².